The minimum absolute atomic E-state index is 0. The van der Waals surface area contributed by atoms with Crippen molar-refractivity contribution in [2.24, 2.45) is 11.7 Å². The van der Waals surface area contributed by atoms with Gasteiger partial charge in [-0.15, -0.1) is 23.7 Å². The predicted octanol–water partition coefficient (Wildman–Crippen LogP) is 1.69. The maximum absolute atomic E-state index is 11.4. The van der Waals surface area contributed by atoms with Crippen LogP contribution in [0.4, 0.5) is 0 Å². The number of halogens is 1. The highest BCUT2D eigenvalue weighted by Crippen LogP contribution is 2.14. The van der Waals surface area contributed by atoms with Gasteiger partial charge in [0.2, 0.25) is 5.91 Å². The number of hydrogen-bond donors (Lipinski definition) is 2. The minimum atomic E-state index is -0.102. The summed E-state index contributed by atoms with van der Waals surface area (Å²) in [6, 6.07) is 2.05. The molecular weight excluding hydrogens is 232 g/mol. The SMILES string of the molecule is Cc1ccsc1CNC(=O)C(C)CN.Cl. The number of aryl methyl sites for hydroxylation is 1. The third kappa shape index (κ3) is 4.20. The van der Waals surface area contributed by atoms with Crippen molar-refractivity contribution < 1.29 is 4.79 Å². The van der Waals surface area contributed by atoms with Crippen LogP contribution in [-0.4, -0.2) is 12.5 Å². The molecule has 0 aliphatic rings. The Balaban J connectivity index is 0.00000196. The van der Waals surface area contributed by atoms with Gasteiger partial charge in [0.1, 0.15) is 0 Å². The van der Waals surface area contributed by atoms with Crippen molar-refractivity contribution in [1.29, 1.82) is 0 Å². The zero-order valence-electron chi connectivity index (χ0n) is 8.95. The second-order valence-electron chi connectivity index (χ2n) is 3.38. The van der Waals surface area contributed by atoms with E-state index in [1.165, 1.54) is 10.4 Å². The van der Waals surface area contributed by atoms with E-state index in [1.807, 2.05) is 19.2 Å². The van der Waals surface area contributed by atoms with Crippen LogP contribution in [0.15, 0.2) is 11.4 Å². The first kappa shape index (κ1) is 14.4. The molecule has 0 radical (unpaired) electrons. The molecule has 1 atom stereocenters. The Labute approximate surface area is 100 Å². The number of carbonyl (C=O) groups is 1. The molecule has 3 N–H and O–H groups in total. The Bertz CT molecular complexity index is 314. The van der Waals surface area contributed by atoms with Crippen LogP contribution in [0.25, 0.3) is 0 Å². The molecule has 86 valence electrons. The van der Waals surface area contributed by atoms with Gasteiger partial charge in [0.25, 0.3) is 0 Å². The van der Waals surface area contributed by atoms with Crippen LogP contribution in [0.1, 0.15) is 17.4 Å². The van der Waals surface area contributed by atoms with Crippen LogP contribution in [0.5, 0.6) is 0 Å². The van der Waals surface area contributed by atoms with Gasteiger partial charge in [0.05, 0.1) is 6.54 Å². The smallest absolute Gasteiger partial charge is 0.224 e. The summed E-state index contributed by atoms with van der Waals surface area (Å²) in [6.45, 7) is 4.89. The van der Waals surface area contributed by atoms with Gasteiger partial charge in [-0.1, -0.05) is 6.92 Å². The zero-order chi connectivity index (χ0) is 10.6. The Kier molecular flexibility index (Phi) is 6.56. The van der Waals surface area contributed by atoms with Crippen LogP contribution >= 0.6 is 23.7 Å². The Morgan fingerprint density at radius 3 is 2.80 bits per heavy atom. The highest BCUT2D eigenvalue weighted by molar-refractivity contribution is 7.10. The predicted molar refractivity (Wildman–Crippen MR) is 66.4 cm³/mol. The number of amides is 1. The lowest BCUT2D eigenvalue weighted by Gasteiger charge is -2.09. The molecule has 15 heavy (non-hydrogen) atoms. The third-order valence-corrected chi connectivity index (χ3v) is 3.22. The van der Waals surface area contributed by atoms with E-state index in [2.05, 4.69) is 11.4 Å². The van der Waals surface area contributed by atoms with E-state index in [9.17, 15) is 4.79 Å². The molecule has 0 aliphatic heterocycles. The van der Waals surface area contributed by atoms with Crippen LogP contribution < -0.4 is 11.1 Å². The molecule has 1 aromatic rings. The molecule has 0 saturated carbocycles. The molecule has 1 heterocycles. The third-order valence-electron chi connectivity index (χ3n) is 2.19. The van der Waals surface area contributed by atoms with Crippen molar-refractivity contribution >= 4 is 29.7 Å². The minimum Gasteiger partial charge on any atom is -0.351 e. The molecule has 1 amide bonds. The molecule has 1 aromatic heterocycles. The van der Waals surface area contributed by atoms with Gasteiger partial charge in [0.15, 0.2) is 0 Å². The number of nitrogens with two attached hydrogens (primary N) is 1. The fourth-order valence-corrected chi connectivity index (χ4v) is 1.88. The molecule has 1 unspecified atom stereocenters. The van der Waals surface area contributed by atoms with Gasteiger partial charge < -0.3 is 11.1 Å². The molecule has 0 fully saturated rings. The van der Waals surface area contributed by atoms with Crippen molar-refractivity contribution in [3.05, 3.63) is 21.9 Å². The van der Waals surface area contributed by atoms with Crippen molar-refractivity contribution in [3.63, 3.8) is 0 Å². The summed E-state index contributed by atoms with van der Waals surface area (Å²) in [4.78, 5) is 12.6. The number of carbonyl (C=O) groups excluding carboxylic acids is 1. The van der Waals surface area contributed by atoms with E-state index in [-0.39, 0.29) is 24.2 Å². The van der Waals surface area contributed by atoms with Crippen LogP contribution in [-0.2, 0) is 11.3 Å². The molecule has 0 bridgehead atoms. The van der Waals surface area contributed by atoms with Gasteiger partial charge in [-0.05, 0) is 23.9 Å². The van der Waals surface area contributed by atoms with Gasteiger partial charge in [0, 0.05) is 17.3 Å². The number of hydrogen-bond acceptors (Lipinski definition) is 3. The normalized spacial score (nSPS) is 11.7. The Morgan fingerprint density at radius 2 is 2.33 bits per heavy atom. The number of thiophene rings is 1. The summed E-state index contributed by atoms with van der Waals surface area (Å²) in [6.07, 6.45) is 0. The van der Waals surface area contributed by atoms with E-state index < -0.39 is 0 Å². The molecule has 0 spiro atoms. The maximum Gasteiger partial charge on any atom is 0.224 e. The van der Waals surface area contributed by atoms with Gasteiger partial charge in [-0.25, -0.2) is 0 Å². The molecule has 3 nitrogen and oxygen atoms in total. The lowest BCUT2D eigenvalue weighted by molar-refractivity contribution is -0.124. The van der Waals surface area contributed by atoms with E-state index in [0.29, 0.717) is 13.1 Å². The second kappa shape index (κ2) is 6.82. The monoisotopic (exact) mass is 248 g/mol. The van der Waals surface area contributed by atoms with Gasteiger partial charge in [-0.2, -0.15) is 0 Å². The number of nitrogens with one attached hydrogen (secondary N) is 1. The van der Waals surface area contributed by atoms with Crippen LogP contribution in [0.3, 0.4) is 0 Å². The summed E-state index contributed by atoms with van der Waals surface area (Å²) >= 11 is 1.66. The molecule has 0 aliphatic carbocycles. The summed E-state index contributed by atoms with van der Waals surface area (Å²) in [7, 11) is 0. The fraction of sp³-hybridized carbons (Fsp3) is 0.500. The topological polar surface area (TPSA) is 55.1 Å². The Morgan fingerprint density at radius 1 is 1.67 bits per heavy atom. The van der Waals surface area contributed by atoms with Crippen molar-refractivity contribution in [1.82, 2.24) is 5.32 Å². The first-order valence-electron chi connectivity index (χ1n) is 4.66. The molecule has 1 rings (SSSR count). The average molecular weight is 249 g/mol. The summed E-state index contributed by atoms with van der Waals surface area (Å²) in [5.41, 5.74) is 6.63. The van der Waals surface area contributed by atoms with Crippen LogP contribution in [0, 0.1) is 12.8 Å². The fourth-order valence-electron chi connectivity index (χ4n) is 1.03. The highest BCUT2D eigenvalue weighted by Gasteiger charge is 2.10. The van der Waals surface area contributed by atoms with E-state index >= 15 is 0 Å². The first-order chi connectivity index (χ1) is 6.65. The lowest BCUT2D eigenvalue weighted by Crippen LogP contribution is -2.32. The van der Waals surface area contributed by atoms with E-state index in [1.54, 1.807) is 11.3 Å². The maximum atomic E-state index is 11.4. The highest BCUT2D eigenvalue weighted by atomic mass is 35.5. The quantitative estimate of drug-likeness (QED) is 0.852. The second-order valence-corrected chi connectivity index (χ2v) is 4.38. The van der Waals surface area contributed by atoms with E-state index in [0.717, 1.165) is 0 Å². The summed E-state index contributed by atoms with van der Waals surface area (Å²) in [5.74, 6) is -0.0735. The average Bonchev–Trinajstić information content (AvgIpc) is 2.59. The van der Waals surface area contributed by atoms with Crippen molar-refractivity contribution in [2.45, 2.75) is 20.4 Å². The Hall–Kier alpha value is -0.580. The lowest BCUT2D eigenvalue weighted by atomic mass is 10.1. The van der Waals surface area contributed by atoms with Gasteiger partial charge in [-0.3, -0.25) is 4.79 Å². The number of rotatable bonds is 4. The van der Waals surface area contributed by atoms with Crippen LogP contribution in [0.2, 0.25) is 0 Å². The molecule has 0 saturated heterocycles. The van der Waals surface area contributed by atoms with Crippen molar-refractivity contribution in [2.75, 3.05) is 6.54 Å². The van der Waals surface area contributed by atoms with Gasteiger partial charge >= 0.3 is 0 Å². The zero-order valence-corrected chi connectivity index (χ0v) is 10.6. The standard InChI is InChI=1S/C10H16N2OS.ClH/c1-7-3-4-14-9(7)6-12-10(13)8(2)5-11;/h3-4,8H,5-6,11H2,1-2H3,(H,12,13);1H. The summed E-state index contributed by atoms with van der Waals surface area (Å²) < 4.78 is 0. The first-order valence-corrected chi connectivity index (χ1v) is 5.54. The largest absolute Gasteiger partial charge is 0.351 e. The molecule has 5 heteroatoms. The molecular formula is C10H17ClN2OS. The molecule has 0 aromatic carbocycles. The summed E-state index contributed by atoms with van der Waals surface area (Å²) in [5, 5.41) is 4.90. The van der Waals surface area contributed by atoms with E-state index in [4.69, 9.17) is 5.73 Å². The van der Waals surface area contributed by atoms with Crippen molar-refractivity contribution in [3.8, 4) is 0 Å².